The SMILES string of the molecule is CCCOc1c(Cl)cc(-c2cccc3cc(OC)ccc23)cc1C#N. The fourth-order valence-corrected chi connectivity index (χ4v) is 3.10. The van der Waals surface area contributed by atoms with Crippen molar-refractivity contribution in [2.24, 2.45) is 0 Å². The first-order valence-electron chi connectivity index (χ1n) is 8.11. The zero-order valence-electron chi connectivity index (χ0n) is 14.2. The predicted octanol–water partition coefficient (Wildman–Crippen LogP) is 5.83. The summed E-state index contributed by atoms with van der Waals surface area (Å²) in [7, 11) is 1.65. The van der Waals surface area contributed by atoms with Gasteiger partial charge in [0.05, 0.1) is 24.3 Å². The highest BCUT2D eigenvalue weighted by Gasteiger charge is 2.13. The lowest BCUT2D eigenvalue weighted by molar-refractivity contribution is 0.317. The Balaban J connectivity index is 2.15. The highest BCUT2D eigenvalue weighted by atomic mass is 35.5. The number of methoxy groups -OCH3 is 1. The molecule has 0 unspecified atom stereocenters. The smallest absolute Gasteiger partial charge is 0.155 e. The molecule has 0 bridgehead atoms. The second kappa shape index (κ2) is 7.46. The van der Waals surface area contributed by atoms with Gasteiger partial charge in [0.2, 0.25) is 0 Å². The molecule has 0 radical (unpaired) electrons. The Morgan fingerprint density at radius 2 is 1.96 bits per heavy atom. The van der Waals surface area contributed by atoms with E-state index in [0.29, 0.717) is 22.9 Å². The van der Waals surface area contributed by atoms with Gasteiger partial charge in [-0.1, -0.05) is 42.8 Å². The third-order valence-corrected chi connectivity index (χ3v) is 4.29. The van der Waals surface area contributed by atoms with Crippen molar-refractivity contribution in [2.75, 3.05) is 13.7 Å². The van der Waals surface area contributed by atoms with Crippen molar-refractivity contribution in [3.8, 4) is 28.7 Å². The summed E-state index contributed by atoms with van der Waals surface area (Å²) in [6, 6.07) is 17.9. The highest BCUT2D eigenvalue weighted by Crippen LogP contribution is 2.37. The van der Waals surface area contributed by atoms with Crippen molar-refractivity contribution >= 4 is 22.4 Å². The van der Waals surface area contributed by atoms with Crippen molar-refractivity contribution in [2.45, 2.75) is 13.3 Å². The molecule has 0 amide bonds. The largest absolute Gasteiger partial charge is 0.497 e. The van der Waals surface area contributed by atoms with Crippen LogP contribution in [0.5, 0.6) is 11.5 Å². The molecule has 0 heterocycles. The van der Waals surface area contributed by atoms with Gasteiger partial charge in [0.15, 0.2) is 5.75 Å². The molecule has 0 atom stereocenters. The van der Waals surface area contributed by atoms with Crippen molar-refractivity contribution in [1.29, 1.82) is 5.26 Å². The monoisotopic (exact) mass is 351 g/mol. The second-order valence-electron chi connectivity index (χ2n) is 5.69. The number of ether oxygens (including phenoxy) is 2. The maximum Gasteiger partial charge on any atom is 0.155 e. The van der Waals surface area contributed by atoms with Crippen molar-refractivity contribution < 1.29 is 9.47 Å². The number of nitrogens with zero attached hydrogens (tertiary/aromatic N) is 1. The third kappa shape index (κ3) is 3.40. The molecule has 25 heavy (non-hydrogen) atoms. The van der Waals surface area contributed by atoms with Crippen molar-refractivity contribution in [3.63, 3.8) is 0 Å². The van der Waals surface area contributed by atoms with Crippen molar-refractivity contribution in [3.05, 3.63) is 59.1 Å². The lowest BCUT2D eigenvalue weighted by Gasteiger charge is -2.13. The Morgan fingerprint density at radius 1 is 1.12 bits per heavy atom. The van der Waals surface area contributed by atoms with E-state index in [0.717, 1.165) is 34.1 Å². The minimum Gasteiger partial charge on any atom is -0.497 e. The van der Waals surface area contributed by atoms with Gasteiger partial charge in [-0.25, -0.2) is 0 Å². The van der Waals surface area contributed by atoms with Gasteiger partial charge in [0, 0.05) is 0 Å². The molecular weight excluding hydrogens is 334 g/mol. The van der Waals surface area contributed by atoms with E-state index in [1.54, 1.807) is 7.11 Å². The molecule has 0 saturated heterocycles. The van der Waals surface area contributed by atoms with Crippen LogP contribution >= 0.6 is 11.6 Å². The maximum atomic E-state index is 9.49. The fourth-order valence-electron chi connectivity index (χ4n) is 2.82. The quantitative estimate of drug-likeness (QED) is 0.580. The van der Waals surface area contributed by atoms with Crippen molar-refractivity contribution in [1.82, 2.24) is 0 Å². The van der Waals surface area contributed by atoms with Crippen LogP contribution in [0.4, 0.5) is 0 Å². The fraction of sp³-hybridized carbons (Fsp3) is 0.190. The molecule has 3 aromatic rings. The van der Waals surface area contributed by atoms with E-state index in [-0.39, 0.29) is 0 Å². The number of nitriles is 1. The second-order valence-corrected chi connectivity index (χ2v) is 6.09. The minimum absolute atomic E-state index is 0.446. The molecule has 0 aliphatic carbocycles. The summed E-state index contributed by atoms with van der Waals surface area (Å²) < 4.78 is 10.9. The average molecular weight is 352 g/mol. The van der Waals surface area contributed by atoms with Gasteiger partial charge in [0.1, 0.15) is 11.8 Å². The molecule has 126 valence electrons. The molecule has 3 aromatic carbocycles. The number of hydrogen-bond acceptors (Lipinski definition) is 3. The minimum atomic E-state index is 0.446. The zero-order chi connectivity index (χ0) is 17.8. The number of hydrogen-bond donors (Lipinski definition) is 0. The summed E-state index contributed by atoms with van der Waals surface area (Å²) in [5.41, 5.74) is 2.35. The Hall–Kier alpha value is -2.70. The normalized spacial score (nSPS) is 10.5. The Bertz CT molecular complexity index is 960. The molecule has 0 aliphatic rings. The summed E-state index contributed by atoms with van der Waals surface area (Å²) in [4.78, 5) is 0. The van der Waals surface area contributed by atoms with Crippen LogP contribution in [0.3, 0.4) is 0 Å². The van der Waals surface area contributed by atoms with Gasteiger partial charge >= 0.3 is 0 Å². The standard InChI is InChI=1S/C21H18ClNO2/c1-3-9-25-21-16(13-23)10-15(12-20(21)22)18-6-4-5-14-11-17(24-2)7-8-19(14)18/h4-8,10-12H,3,9H2,1-2H3. The zero-order valence-corrected chi connectivity index (χ0v) is 14.9. The van der Waals surface area contributed by atoms with Crippen LogP contribution in [0.15, 0.2) is 48.5 Å². The molecule has 0 saturated carbocycles. The lowest BCUT2D eigenvalue weighted by Crippen LogP contribution is -1.98. The van der Waals surface area contributed by atoms with E-state index >= 15 is 0 Å². The van der Waals surface area contributed by atoms with Gasteiger partial charge in [-0.2, -0.15) is 5.26 Å². The van der Waals surface area contributed by atoms with Gasteiger partial charge < -0.3 is 9.47 Å². The van der Waals surface area contributed by atoms with Gasteiger partial charge in [-0.15, -0.1) is 0 Å². The first-order chi connectivity index (χ1) is 12.2. The van der Waals surface area contributed by atoms with Crippen LogP contribution in [-0.4, -0.2) is 13.7 Å². The molecule has 0 aliphatic heterocycles. The van der Waals surface area contributed by atoms with E-state index in [4.69, 9.17) is 21.1 Å². The Kier molecular flexibility index (Phi) is 5.11. The van der Waals surface area contributed by atoms with Crippen LogP contribution in [0, 0.1) is 11.3 Å². The number of rotatable bonds is 5. The first-order valence-corrected chi connectivity index (χ1v) is 8.49. The van der Waals surface area contributed by atoms with E-state index in [1.807, 2.05) is 55.5 Å². The van der Waals surface area contributed by atoms with Crippen LogP contribution in [0.1, 0.15) is 18.9 Å². The van der Waals surface area contributed by atoms with E-state index in [1.165, 1.54) is 0 Å². The summed E-state index contributed by atoms with van der Waals surface area (Å²) in [5, 5.41) is 12.1. The van der Waals surface area contributed by atoms with Gasteiger partial charge in [-0.3, -0.25) is 0 Å². The lowest BCUT2D eigenvalue weighted by atomic mass is 9.96. The molecule has 0 spiro atoms. The average Bonchev–Trinajstić information content (AvgIpc) is 2.65. The Labute approximate surface area is 152 Å². The first kappa shape index (κ1) is 17.1. The van der Waals surface area contributed by atoms with E-state index in [9.17, 15) is 5.26 Å². The van der Waals surface area contributed by atoms with Gasteiger partial charge in [-0.05, 0) is 52.6 Å². The van der Waals surface area contributed by atoms with Crippen LogP contribution < -0.4 is 9.47 Å². The summed E-state index contributed by atoms with van der Waals surface area (Å²) in [5.74, 6) is 1.26. The molecule has 0 N–H and O–H groups in total. The Morgan fingerprint density at radius 3 is 2.68 bits per heavy atom. The number of halogens is 1. The van der Waals surface area contributed by atoms with E-state index < -0.39 is 0 Å². The number of benzene rings is 3. The molecule has 0 aromatic heterocycles. The third-order valence-electron chi connectivity index (χ3n) is 4.01. The van der Waals surface area contributed by atoms with Crippen LogP contribution in [0.2, 0.25) is 5.02 Å². The highest BCUT2D eigenvalue weighted by molar-refractivity contribution is 6.32. The predicted molar refractivity (Wildman–Crippen MR) is 101 cm³/mol. The number of fused-ring (bicyclic) bond motifs is 1. The van der Waals surface area contributed by atoms with E-state index in [2.05, 4.69) is 6.07 Å². The molecule has 3 rings (SSSR count). The molecule has 4 heteroatoms. The summed E-state index contributed by atoms with van der Waals surface area (Å²) >= 11 is 6.40. The van der Waals surface area contributed by atoms with Crippen LogP contribution in [0.25, 0.3) is 21.9 Å². The summed E-state index contributed by atoms with van der Waals surface area (Å²) in [6.45, 7) is 2.54. The molecule has 0 fully saturated rings. The van der Waals surface area contributed by atoms with Crippen LogP contribution in [-0.2, 0) is 0 Å². The molecular formula is C21H18ClNO2. The topological polar surface area (TPSA) is 42.2 Å². The summed E-state index contributed by atoms with van der Waals surface area (Å²) in [6.07, 6.45) is 0.855. The molecule has 3 nitrogen and oxygen atoms in total. The van der Waals surface area contributed by atoms with Gasteiger partial charge in [0.25, 0.3) is 0 Å². The maximum absolute atomic E-state index is 9.49.